The average Bonchev–Trinajstić information content (AvgIpc) is 3.46. The Morgan fingerprint density at radius 3 is 2.68 bits per heavy atom. The van der Waals surface area contributed by atoms with E-state index in [1.165, 1.54) is 23.8 Å². The van der Waals surface area contributed by atoms with Gasteiger partial charge in [0.1, 0.15) is 6.54 Å². The van der Waals surface area contributed by atoms with Crippen molar-refractivity contribution in [3.05, 3.63) is 29.6 Å². The van der Waals surface area contributed by atoms with Gasteiger partial charge in [0.05, 0.1) is 18.1 Å². The number of unbranched alkanes of at least 4 members (excludes halogenated alkanes) is 2. The summed E-state index contributed by atoms with van der Waals surface area (Å²) in [5.74, 6) is -0.0629. The van der Waals surface area contributed by atoms with Gasteiger partial charge in [-0.25, -0.2) is 17.6 Å². The van der Waals surface area contributed by atoms with Crippen molar-refractivity contribution in [3.63, 3.8) is 0 Å². The lowest BCUT2D eigenvalue weighted by Gasteiger charge is -2.15. The number of rotatable bonds is 13. The molecule has 7 nitrogen and oxygen atoms in total. The molecule has 1 aromatic carbocycles. The van der Waals surface area contributed by atoms with Gasteiger partial charge in [0.15, 0.2) is 21.4 Å². The molecule has 0 unspecified atom stereocenters. The predicted octanol–water partition coefficient (Wildman–Crippen LogP) is 3.25. The fraction of sp³-hybridized carbons (Fsp3) is 0.636. The third kappa shape index (κ3) is 7.48. The minimum Gasteiger partial charge on any atom is -0.490 e. The summed E-state index contributed by atoms with van der Waals surface area (Å²) in [6, 6.07) is 4.18. The number of hydrogen-bond acceptors (Lipinski definition) is 5. The number of nitrogens with one attached hydrogen (secondary N) is 1. The van der Waals surface area contributed by atoms with E-state index in [0.29, 0.717) is 38.3 Å². The maximum absolute atomic E-state index is 14.0. The van der Waals surface area contributed by atoms with Crippen LogP contribution in [0.15, 0.2) is 18.2 Å². The molecule has 2 aliphatic rings. The van der Waals surface area contributed by atoms with Crippen LogP contribution in [-0.4, -0.2) is 56.5 Å². The van der Waals surface area contributed by atoms with E-state index >= 15 is 0 Å². The molecular weight excluding hydrogens is 423 g/mol. The van der Waals surface area contributed by atoms with Crippen molar-refractivity contribution in [1.29, 1.82) is 0 Å². The minimum absolute atomic E-state index is 0.0107. The van der Waals surface area contributed by atoms with E-state index in [1.54, 1.807) is 12.1 Å². The Morgan fingerprint density at radius 2 is 2.00 bits per heavy atom. The van der Waals surface area contributed by atoms with Gasteiger partial charge in [-0.15, -0.1) is 0 Å². The highest BCUT2D eigenvalue weighted by Gasteiger charge is 2.26. The van der Waals surface area contributed by atoms with Crippen LogP contribution in [0.2, 0.25) is 0 Å². The van der Waals surface area contributed by atoms with Crippen LogP contribution < -0.4 is 10.1 Å². The Hall–Kier alpha value is -2.16. The van der Waals surface area contributed by atoms with E-state index in [-0.39, 0.29) is 41.7 Å². The van der Waals surface area contributed by atoms with Crippen molar-refractivity contribution in [1.82, 2.24) is 10.2 Å². The number of nitrogens with zero attached hydrogens (tertiary/aromatic N) is 1. The van der Waals surface area contributed by atoms with Gasteiger partial charge in [-0.3, -0.25) is 10.1 Å². The maximum atomic E-state index is 14.0. The van der Waals surface area contributed by atoms with Crippen LogP contribution in [-0.2, 0) is 14.6 Å². The number of carbonyl (C=O) groups excluding carboxylic acids is 2. The van der Waals surface area contributed by atoms with E-state index in [1.807, 2.05) is 6.92 Å². The van der Waals surface area contributed by atoms with Crippen molar-refractivity contribution in [3.8, 4) is 5.75 Å². The molecule has 3 rings (SSSR count). The van der Waals surface area contributed by atoms with Crippen LogP contribution in [0, 0.1) is 11.7 Å². The summed E-state index contributed by atoms with van der Waals surface area (Å²) in [4.78, 5) is 24.0. The SMILES string of the molecule is C[C@@H](CS(=O)(=O)CCCCCN1CC(=O)NC1=O)c1ccc(F)c(OCCC2CC2)c1. The lowest BCUT2D eigenvalue weighted by atomic mass is 10.0. The third-order valence-electron chi connectivity index (χ3n) is 5.76. The number of benzene rings is 1. The molecule has 0 aromatic heterocycles. The standard InChI is InChI=1S/C22H31FN2O5S/c1-16(18-7-8-19(23)20(13-18)30-11-9-17-5-6-17)15-31(28,29)12-4-2-3-10-25-14-21(26)24-22(25)27/h7-8,13,16-17H,2-6,9-12,14-15H2,1H3,(H,24,26,27)/t16-/m0/s1. The first kappa shape index (κ1) is 23.5. The number of sulfone groups is 1. The normalized spacial score (nSPS) is 17.7. The summed E-state index contributed by atoms with van der Waals surface area (Å²) < 4.78 is 44.6. The van der Waals surface area contributed by atoms with Crippen LogP contribution in [0.4, 0.5) is 9.18 Å². The zero-order valence-corrected chi connectivity index (χ0v) is 18.8. The molecular formula is C22H31FN2O5S. The molecule has 0 spiro atoms. The van der Waals surface area contributed by atoms with Crippen molar-refractivity contribution in [2.24, 2.45) is 5.92 Å². The smallest absolute Gasteiger partial charge is 0.324 e. The second-order valence-electron chi connectivity index (χ2n) is 8.62. The van der Waals surface area contributed by atoms with E-state index in [0.717, 1.165) is 12.0 Å². The summed E-state index contributed by atoms with van der Waals surface area (Å²) in [7, 11) is -3.27. The molecule has 3 amide bonds. The molecule has 31 heavy (non-hydrogen) atoms. The van der Waals surface area contributed by atoms with Crippen LogP contribution in [0.25, 0.3) is 0 Å². The second-order valence-corrected chi connectivity index (χ2v) is 10.9. The monoisotopic (exact) mass is 454 g/mol. The van der Waals surface area contributed by atoms with Gasteiger partial charge in [-0.2, -0.15) is 0 Å². The molecule has 1 aliphatic heterocycles. The number of carbonyl (C=O) groups is 2. The number of ether oxygens (including phenoxy) is 1. The van der Waals surface area contributed by atoms with E-state index in [9.17, 15) is 22.4 Å². The van der Waals surface area contributed by atoms with Gasteiger partial charge in [-0.05, 0) is 48.8 Å². The number of hydrogen-bond donors (Lipinski definition) is 1. The average molecular weight is 455 g/mol. The zero-order chi connectivity index (χ0) is 22.4. The summed E-state index contributed by atoms with van der Waals surface area (Å²) >= 11 is 0. The molecule has 1 saturated heterocycles. The minimum atomic E-state index is -3.27. The van der Waals surface area contributed by atoms with Gasteiger partial charge in [-0.1, -0.05) is 32.3 Å². The molecule has 1 aliphatic carbocycles. The van der Waals surface area contributed by atoms with Crippen molar-refractivity contribution < 1.29 is 27.1 Å². The van der Waals surface area contributed by atoms with Crippen molar-refractivity contribution in [2.75, 3.05) is 31.2 Å². The van der Waals surface area contributed by atoms with Crippen LogP contribution in [0.1, 0.15) is 56.9 Å². The summed E-state index contributed by atoms with van der Waals surface area (Å²) in [5, 5.41) is 2.22. The fourth-order valence-corrected chi connectivity index (χ4v) is 5.47. The zero-order valence-electron chi connectivity index (χ0n) is 17.9. The molecule has 9 heteroatoms. The molecule has 0 bridgehead atoms. The first-order valence-corrected chi connectivity index (χ1v) is 12.8. The fourth-order valence-electron chi connectivity index (χ4n) is 3.70. The number of halogens is 1. The first-order chi connectivity index (χ1) is 14.7. The van der Waals surface area contributed by atoms with Crippen LogP contribution in [0.3, 0.4) is 0 Å². The van der Waals surface area contributed by atoms with Crippen molar-refractivity contribution >= 4 is 21.8 Å². The second kappa shape index (κ2) is 10.4. The molecule has 1 saturated carbocycles. The highest BCUT2D eigenvalue weighted by atomic mass is 32.2. The molecule has 2 fully saturated rings. The number of imide groups is 1. The van der Waals surface area contributed by atoms with Gasteiger partial charge in [0, 0.05) is 6.54 Å². The molecule has 172 valence electrons. The highest BCUT2D eigenvalue weighted by Crippen LogP contribution is 2.33. The lowest BCUT2D eigenvalue weighted by molar-refractivity contribution is -0.118. The van der Waals surface area contributed by atoms with Gasteiger partial charge >= 0.3 is 6.03 Å². The molecule has 1 atom stereocenters. The number of amides is 3. The van der Waals surface area contributed by atoms with Crippen molar-refractivity contribution in [2.45, 2.75) is 51.4 Å². The van der Waals surface area contributed by atoms with E-state index in [2.05, 4.69) is 5.32 Å². The summed E-state index contributed by atoms with van der Waals surface area (Å²) in [6.07, 6.45) is 5.15. The number of urea groups is 1. The maximum Gasteiger partial charge on any atom is 0.324 e. The summed E-state index contributed by atoms with van der Waals surface area (Å²) in [5.41, 5.74) is 0.746. The summed E-state index contributed by atoms with van der Waals surface area (Å²) in [6.45, 7) is 2.80. The van der Waals surface area contributed by atoms with Gasteiger partial charge < -0.3 is 9.64 Å². The Balaban J connectivity index is 1.41. The lowest BCUT2D eigenvalue weighted by Crippen LogP contribution is -2.29. The Morgan fingerprint density at radius 1 is 1.23 bits per heavy atom. The van der Waals surface area contributed by atoms with E-state index < -0.39 is 15.7 Å². The molecule has 0 radical (unpaired) electrons. The highest BCUT2D eigenvalue weighted by molar-refractivity contribution is 7.91. The van der Waals surface area contributed by atoms with Gasteiger partial charge in [0.2, 0.25) is 5.91 Å². The van der Waals surface area contributed by atoms with Crippen LogP contribution >= 0.6 is 0 Å². The first-order valence-electron chi connectivity index (χ1n) is 10.9. The topological polar surface area (TPSA) is 92.8 Å². The molecule has 1 aromatic rings. The molecule has 1 N–H and O–H groups in total. The van der Waals surface area contributed by atoms with Crippen LogP contribution in [0.5, 0.6) is 5.75 Å². The van der Waals surface area contributed by atoms with E-state index in [4.69, 9.17) is 4.74 Å². The van der Waals surface area contributed by atoms with Gasteiger partial charge in [0.25, 0.3) is 0 Å². The predicted molar refractivity (Wildman–Crippen MR) is 115 cm³/mol. The largest absolute Gasteiger partial charge is 0.490 e. The Kier molecular flexibility index (Phi) is 7.91. The third-order valence-corrected chi connectivity index (χ3v) is 7.68. The molecule has 1 heterocycles. The Bertz CT molecular complexity index is 901. The Labute approximate surface area is 183 Å². The quantitative estimate of drug-likeness (QED) is 0.365.